The molecule has 0 aliphatic carbocycles. The second kappa shape index (κ2) is 7.38. The number of nitrogens with zero attached hydrogens (tertiary/aromatic N) is 2. The molecule has 1 N–H and O–H groups in total. The summed E-state index contributed by atoms with van der Waals surface area (Å²) >= 11 is 0. The van der Waals surface area contributed by atoms with Gasteiger partial charge in [-0.1, -0.05) is 0 Å². The summed E-state index contributed by atoms with van der Waals surface area (Å²) in [6.45, 7) is -0.219. The number of alkyl halides is 1. The zero-order valence-electron chi connectivity index (χ0n) is 14.9. The molecule has 2 aliphatic heterocycles. The van der Waals surface area contributed by atoms with E-state index in [2.05, 4.69) is 4.72 Å². The highest BCUT2D eigenvalue weighted by Gasteiger charge is 2.32. The molecular formula is C18H15F2N3O5S. The van der Waals surface area contributed by atoms with Crippen LogP contribution in [0.2, 0.25) is 0 Å². The number of fused-ring (bicyclic) bond motifs is 1. The zero-order valence-corrected chi connectivity index (χ0v) is 15.7. The Hall–Kier alpha value is -3.10. The lowest BCUT2D eigenvalue weighted by Gasteiger charge is -2.18. The second-order valence-corrected chi connectivity index (χ2v) is 8.05. The number of halogens is 2. The molecule has 0 unspecified atom stereocenters. The highest BCUT2D eigenvalue weighted by Crippen LogP contribution is 2.39. The van der Waals surface area contributed by atoms with Gasteiger partial charge in [0, 0.05) is 19.2 Å². The minimum atomic E-state index is -4.11. The van der Waals surface area contributed by atoms with Crippen molar-refractivity contribution < 1.29 is 31.4 Å². The standard InChI is InChI=1S/C18H15F2N3O5S/c19-11-5-6-23(9-11)29(24,25)22-15-3-2-14(20)18(13(15)8-21)28-12-1-4-16-17(7-12)27-10-26-16/h1-4,7,11,22H,5-6,9-10H2/t11-/m1/s1. The van der Waals surface area contributed by atoms with E-state index in [4.69, 9.17) is 14.2 Å². The predicted molar refractivity (Wildman–Crippen MR) is 97.4 cm³/mol. The summed E-state index contributed by atoms with van der Waals surface area (Å²) in [5.74, 6) is -0.238. The number of benzene rings is 2. The van der Waals surface area contributed by atoms with Crippen LogP contribution >= 0.6 is 0 Å². The Balaban J connectivity index is 1.64. The fourth-order valence-electron chi connectivity index (χ4n) is 3.02. The fourth-order valence-corrected chi connectivity index (χ4v) is 4.30. The van der Waals surface area contributed by atoms with E-state index in [-0.39, 0.29) is 43.3 Å². The summed E-state index contributed by atoms with van der Waals surface area (Å²) in [6.07, 6.45) is -1.16. The first kappa shape index (κ1) is 19.2. The molecule has 152 valence electrons. The zero-order chi connectivity index (χ0) is 20.6. The van der Waals surface area contributed by atoms with Crippen LogP contribution in [0.1, 0.15) is 12.0 Å². The monoisotopic (exact) mass is 423 g/mol. The SMILES string of the molecule is N#Cc1c(NS(=O)(=O)N2CC[C@@H](F)C2)ccc(F)c1Oc1ccc2c(c1)OCO2. The summed E-state index contributed by atoms with van der Waals surface area (Å²) in [6, 6.07) is 8.37. The van der Waals surface area contributed by atoms with Crippen molar-refractivity contribution in [1.29, 1.82) is 5.26 Å². The molecule has 0 amide bonds. The Morgan fingerprint density at radius 1 is 1.24 bits per heavy atom. The average Bonchev–Trinajstić information content (AvgIpc) is 3.33. The van der Waals surface area contributed by atoms with Crippen LogP contribution in [0.3, 0.4) is 0 Å². The van der Waals surface area contributed by atoms with Crippen LogP contribution in [0.25, 0.3) is 0 Å². The Labute approximate surface area is 165 Å². The van der Waals surface area contributed by atoms with E-state index < -0.39 is 27.9 Å². The van der Waals surface area contributed by atoms with Gasteiger partial charge in [-0.15, -0.1) is 0 Å². The largest absolute Gasteiger partial charge is 0.454 e. The molecule has 2 aromatic rings. The number of nitriles is 1. The summed E-state index contributed by atoms with van der Waals surface area (Å²) in [5, 5.41) is 9.51. The van der Waals surface area contributed by atoms with E-state index >= 15 is 0 Å². The van der Waals surface area contributed by atoms with E-state index in [0.717, 1.165) is 16.4 Å². The van der Waals surface area contributed by atoms with Crippen molar-refractivity contribution in [3.05, 3.63) is 41.7 Å². The molecule has 0 aromatic heterocycles. The number of hydrogen-bond donors (Lipinski definition) is 1. The van der Waals surface area contributed by atoms with Gasteiger partial charge >= 0.3 is 10.2 Å². The molecule has 1 saturated heterocycles. The lowest BCUT2D eigenvalue weighted by Crippen LogP contribution is -2.34. The van der Waals surface area contributed by atoms with Gasteiger partial charge in [0.1, 0.15) is 23.6 Å². The van der Waals surface area contributed by atoms with Gasteiger partial charge in [0.25, 0.3) is 0 Å². The van der Waals surface area contributed by atoms with Crippen LogP contribution in [-0.2, 0) is 10.2 Å². The maximum atomic E-state index is 14.4. The average molecular weight is 423 g/mol. The number of ether oxygens (including phenoxy) is 3. The Kier molecular flexibility index (Phi) is 4.89. The van der Waals surface area contributed by atoms with Crippen LogP contribution < -0.4 is 18.9 Å². The van der Waals surface area contributed by atoms with Crippen LogP contribution in [0.5, 0.6) is 23.0 Å². The third-order valence-electron chi connectivity index (χ3n) is 4.46. The first-order valence-corrected chi connectivity index (χ1v) is 10.0. The molecular weight excluding hydrogens is 408 g/mol. The van der Waals surface area contributed by atoms with Crippen molar-refractivity contribution in [2.24, 2.45) is 0 Å². The Bertz CT molecular complexity index is 1100. The first-order valence-electron chi connectivity index (χ1n) is 8.59. The first-order chi connectivity index (χ1) is 13.9. The van der Waals surface area contributed by atoms with Crippen molar-refractivity contribution in [3.63, 3.8) is 0 Å². The molecule has 4 rings (SSSR count). The van der Waals surface area contributed by atoms with Gasteiger partial charge in [0.15, 0.2) is 23.1 Å². The third kappa shape index (κ3) is 3.76. The molecule has 11 heteroatoms. The summed E-state index contributed by atoms with van der Waals surface area (Å²) in [4.78, 5) is 0. The minimum absolute atomic E-state index is 0.0140. The lowest BCUT2D eigenvalue weighted by atomic mass is 10.1. The molecule has 2 aliphatic rings. The van der Waals surface area contributed by atoms with E-state index in [0.29, 0.717) is 11.5 Å². The van der Waals surface area contributed by atoms with Gasteiger partial charge < -0.3 is 14.2 Å². The van der Waals surface area contributed by atoms with Gasteiger partial charge in [-0.3, -0.25) is 4.72 Å². The number of nitrogens with one attached hydrogen (secondary N) is 1. The van der Waals surface area contributed by atoms with E-state index in [1.54, 1.807) is 12.1 Å². The molecule has 1 fully saturated rings. The Morgan fingerprint density at radius 3 is 2.76 bits per heavy atom. The molecule has 2 heterocycles. The highest BCUT2D eigenvalue weighted by atomic mass is 32.2. The van der Waals surface area contributed by atoms with Gasteiger partial charge in [-0.25, -0.2) is 8.78 Å². The normalized spacial score (nSPS) is 18.4. The van der Waals surface area contributed by atoms with Crippen LogP contribution in [0.15, 0.2) is 30.3 Å². The number of rotatable bonds is 5. The van der Waals surface area contributed by atoms with E-state index in [9.17, 15) is 22.5 Å². The summed E-state index contributed by atoms with van der Waals surface area (Å²) < 4.78 is 71.8. The molecule has 2 aromatic carbocycles. The van der Waals surface area contributed by atoms with Gasteiger partial charge in [0.05, 0.1) is 5.69 Å². The van der Waals surface area contributed by atoms with Crippen LogP contribution in [-0.4, -0.2) is 38.8 Å². The van der Waals surface area contributed by atoms with Gasteiger partial charge in [-0.2, -0.15) is 18.0 Å². The summed E-state index contributed by atoms with van der Waals surface area (Å²) in [7, 11) is -4.11. The number of anilines is 1. The maximum Gasteiger partial charge on any atom is 0.301 e. The van der Waals surface area contributed by atoms with Crippen molar-refractivity contribution in [1.82, 2.24) is 4.31 Å². The molecule has 0 bridgehead atoms. The van der Waals surface area contributed by atoms with Crippen molar-refractivity contribution >= 4 is 15.9 Å². The fraction of sp³-hybridized carbons (Fsp3) is 0.278. The molecule has 0 radical (unpaired) electrons. The second-order valence-electron chi connectivity index (χ2n) is 6.38. The molecule has 29 heavy (non-hydrogen) atoms. The van der Waals surface area contributed by atoms with Gasteiger partial charge in [-0.05, 0) is 30.7 Å². The summed E-state index contributed by atoms with van der Waals surface area (Å²) in [5.41, 5.74) is -0.519. The number of hydrogen-bond acceptors (Lipinski definition) is 6. The Morgan fingerprint density at radius 2 is 2.03 bits per heavy atom. The molecule has 8 nitrogen and oxygen atoms in total. The smallest absolute Gasteiger partial charge is 0.301 e. The maximum absolute atomic E-state index is 14.4. The molecule has 0 spiro atoms. The van der Waals surface area contributed by atoms with Crippen molar-refractivity contribution in [2.75, 3.05) is 24.6 Å². The molecule has 1 atom stereocenters. The lowest BCUT2D eigenvalue weighted by molar-refractivity contribution is 0.174. The highest BCUT2D eigenvalue weighted by molar-refractivity contribution is 7.90. The topological polar surface area (TPSA) is 101 Å². The van der Waals surface area contributed by atoms with Crippen LogP contribution in [0, 0.1) is 17.1 Å². The van der Waals surface area contributed by atoms with E-state index in [1.165, 1.54) is 12.1 Å². The predicted octanol–water partition coefficient (Wildman–Crippen LogP) is 2.92. The van der Waals surface area contributed by atoms with Crippen LogP contribution in [0.4, 0.5) is 14.5 Å². The quantitative estimate of drug-likeness (QED) is 0.794. The van der Waals surface area contributed by atoms with E-state index in [1.807, 2.05) is 0 Å². The van der Waals surface area contributed by atoms with Crippen molar-refractivity contribution in [2.45, 2.75) is 12.6 Å². The molecule has 0 saturated carbocycles. The van der Waals surface area contributed by atoms with Gasteiger partial charge in [0.2, 0.25) is 6.79 Å². The van der Waals surface area contributed by atoms with Crippen molar-refractivity contribution in [3.8, 4) is 29.1 Å². The third-order valence-corrected chi connectivity index (χ3v) is 5.95. The minimum Gasteiger partial charge on any atom is -0.454 e.